The summed E-state index contributed by atoms with van der Waals surface area (Å²) in [4.78, 5) is 21.3. The Morgan fingerprint density at radius 1 is 1.44 bits per heavy atom. The molecule has 1 aromatic carbocycles. The number of aliphatic carboxylic acids is 1. The topological polar surface area (TPSA) is 63.6 Å². The van der Waals surface area contributed by atoms with E-state index in [1.54, 1.807) is 0 Å². The summed E-state index contributed by atoms with van der Waals surface area (Å²) in [5.74, 6) is -1.28. The Labute approximate surface area is 101 Å². The zero-order chi connectivity index (χ0) is 13.7. The van der Waals surface area contributed by atoms with Crippen molar-refractivity contribution in [2.45, 2.75) is 13.5 Å². The monoisotopic (exact) mass is 256 g/mol. The van der Waals surface area contributed by atoms with Crippen molar-refractivity contribution in [1.29, 1.82) is 0 Å². The molecule has 4 nitrogen and oxygen atoms in total. The molecule has 0 bridgehead atoms. The SMILES string of the molecule is Cc1c(OC(F)F)ccc(/C=C/C(=O)O)c1C=O. The van der Waals surface area contributed by atoms with Crippen LogP contribution in [0.2, 0.25) is 0 Å². The number of carbonyl (C=O) groups excluding carboxylic acids is 1. The molecule has 0 atom stereocenters. The van der Waals surface area contributed by atoms with Gasteiger partial charge >= 0.3 is 12.6 Å². The van der Waals surface area contributed by atoms with Gasteiger partial charge in [-0.1, -0.05) is 6.07 Å². The predicted molar refractivity (Wildman–Crippen MR) is 59.9 cm³/mol. The van der Waals surface area contributed by atoms with Crippen LogP contribution in [0, 0.1) is 6.92 Å². The van der Waals surface area contributed by atoms with Crippen LogP contribution in [0.1, 0.15) is 21.5 Å². The van der Waals surface area contributed by atoms with E-state index in [-0.39, 0.29) is 16.9 Å². The number of hydrogen-bond donors (Lipinski definition) is 1. The number of ether oxygens (including phenoxy) is 1. The fourth-order valence-corrected chi connectivity index (χ4v) is 1.42. The van der Waals surface area contributed by atoms with E-state index in [1.165, 1.54) is 25.1 Å². The van der Waals surface area contributed by atoms with Gasteiger partial charge in [-0.25, -0.2) is 4.79 Å². The largest absolute Gasteiger partial charge is 0.478 e. The first-order valence-corrected chi connectivity index (χ1v) is 4.90. The summed E-state index contributed by atoms with van der Waals surface area (Å²) in [7, 11) is 0. The van der Waals surface area contributed by atoms with Crippen LogP contribution in [0.5, 0.6) is 5.75 Å². The van der Waals surface area contributed by atoms with Gasteiger partial charge in [-0.2, -0.15) is 8.78 Å². The average molecular weight is 256 g/mol. The Morgan fingerprint density at radius 3 is 2.61 bits per heavy atom. The molecule has 0 saturated heterocycles. The highest BCUT2D eigenvalue weighted by molar-refractivity contribution is 5.90. The smallest absolute Gasteiger partial charge is 0.387 e. The molecule has 0 aliphatic rings. The van der Waals surface area contributed by atoms with Crippen molar-refractivity contribution >= 4 is 18.3 Å². The number of benzene rings is 1. The van der Waals surface area contributed by atoms with Crippen molar-refractivity contribution in [3.63, 3.8) is 0 Å². The minimum Gasteiger partial charge on any atom is -0.478 e. The van der Waals surface area contributed by atoms with Gasteiger partial charge in [0.1, 0.15) is 5.75 Å². The molecule has 0 unspecified atom stereocenters. The molecular weight excluding hydrogens is 246 g/mol. The third-order valence-electron chi connectivity index (χ3n) is 2.24. The van der Waals surface area contributed by atoms with Gasteiger partial charge in [0.15, 0.2) is 6.29 Å². The summed E-state index contributed by atoms with van der Waals surface area (Å²) in [6, 6.07) is 2.60. The molecule has 1 aromatic rings. The summed E-state index contributed by atoms with van der Waals surface area (Å²) in [5.41, 5.74) is 0.676. The number of rotatable bonds is 5. The fourth-order valence-electron chi connectivity index (χ4n) is 1.42. The summed E-state index contributed by atoms with van der Waals surface area (Å²) in [5, 5.41) is 8.48. The molecule has 0 saturated carbocycles. The maximum Gasteiger partial charge on any atom is 0.387 e. The van der Waals surface area contributed by atoms with Crippen LogP contribution in [0.3, 0.4) is 0 Å². The summed E-state index contributed by atoms with van der Waals surface area (Å²) in [6.45, 7) is -1.54. The fraction of sp³-hybridized carbons (Fsp3) is 0.167. The van der Waals surface area contributed by atoms with Crippen LogP contribution < -0.4 is 4.74 Å². The lowest BCUT2D eigenvalue weighted by Crippen LogP contribution is -2.05. The van der Waals surface area contributed by atoms with Crippen LogP contribution >= 0.6 is 0 Å². The Balaban J connectivity index is 3.20. The molecule has 1 N–H and O–H groups in total. The average Bonchev–Trinajstić information content (AvgIpc) is 2.29. The van der Waals surface area contributed by atoms with E-state index in [4.69, 9.17) is 5.11 Å². The molecule has 0 heterocycles. The third-order valence-corrected chi connectivity index (χ3v) is 2.24. The van der Waals surface area contributed by atoms with Crippen molar-refractivity contribution < 1.29 is 28.2 Å². The van der Waals surface area contributed by atoms with Gasteiger partial charge in [0.25, 0.3) is 0 Å². The number of hydrogen-bond acceptors (Lipinski definition) is 3. The van der Waals surface area contributed by atoms with Gasteiger partial charge < -0.3 is 9.84 Å². The quantitative estimate of drug-likeness (QED) is 0.649. The molecule has 0 spiro atoms. The second-order valence-electron chi connectivity index (χ2n) is 3.36. The molecule has 18 heavy (non-hydrogen) atoms. The molecular formula is C12H10F2O4. The first kappa shape index (κ1) is 13.8. The van der Waals surface area contributed by atoms with E-state index >= 15 is 0 Å². The number of alkyl halides is 2. The Kier molecular flexibility index (Phi) is 4.53. The van der Waals surface area contributed by atoms with E-state index in [9.17, 15) is 18.4 Å². The molecule has 0 radical (unpaired) electrons. The zero-order valence-corrected chi connectivity index (χ0v) is 9.39. The molecule has 1 rings (SSSR count). The van der Waals surface area contributed by atoms with E-state index in [0.29, 0.717) is 11.8 Å². The van der Waals surface area contributed by atoms with E-state index in [1.807, 2.05) is 0 Å². The first-order chi connectivity index (χ1) is 8.45. The van der Waals surface area contributed by atoms with Crippen LogP contribution in [-0.2, 0) is 4.79 Å². The van der Waals surface area contributed by atoms with E-state index in [0.717, 1.165) is 6.08 Å². The van der Waals surface area contributed by atoms with Gasteiger partial charge in [-0.3, -0.25) is 4.79 Å². The highest BCUT2D eigenvalue weighted by atomic mass is 19.3. The van der Waals surface area contributed by atoms with Crippen molar-refractivity contribution in [2.24, 2.45) is 0 Å². The zero-order valence-electron chi connectivity index (χ0n) is 9.39. The molecule has 0 aliphatic heterocycles. The van der Waals surface area contributed by atoms with E-state index in [2.05, 4.69) is 4.74 Å². The molecule has 0 amide bonds. The van der Waals surface area contributed by atoms with Crippen molar-refractivity contribution in [3.05, 3.63) is 34.9 Å². The van der Waals surface area contributed by atoms with Gasteiger partial charge in [0.05, 0.1) is 0 Å². The maximum absolute atomic E-state index is 12.1. The first-order valence-electron chi connectivity index (χ1n) is 4.90. The molecule has 6 heteroatoms. The highest BCUT2D eigenvalue weighted by Gasteiger charge is 2.12. The predicted octanol–water partition coefficient (Wildman–Crippen LogP) is 2.51. The van der Waals surface area contributed by atoms with Crippen molar-refractivity contribution in [2.75, 3.05) is 0 Å². The molecule has 0 aromatic heterocycles. The van der Waals surface area contributed by atoms with Crippen LogP contribution in [0.25, 0.3) is 6.08 Å². The highest BCUT2D eigenvalue weighted by Crippen LogP contribution is 2.26. The lowest BCUT2D eigenvalue weighted by atomic mass is 10.0. The van der Waals surface area contributed by atoms with Crippen LogP contribution in [-0.4, -0.2) is 24.0 Å². The van der Waals surface area contributed by atoms with Crippen molar-refractivity contribution in [1.82, 2.24) is 0 Å². The lowest BCUT2D eigenvalue weighted by molar-refractivity contribution is -0.131. The second kappa shape index (κ2) is 5.90. The normalized spacial score (nSPS) is 10.9. The summed E-state index contributed by atoms with van der Waals surface area (Å²) < 4.78 is 28.4. The molecule has 0 aliphatic carbocycles. The van der Waals surface area contributed by atoms with Crippen molar-refractivity contribution in [3.8, 4) is 5.75 Å². The van der Waals surface area contributed by atoms with Crippen LogP contribution in [0.4, 0.5) is 8.78 Å². The standard InChI is InChI=1S/C12H10F2O4/c1-7-9(6-15)8(3-5-11(16)17)2-4-10(7)18-12(13)14/h2-6,12H,1H3,(H,16,17)/b5-3+. The Bertz CT molecular complexity index is 495. The third kappa shape index (κ3) is 3.38. The number of carbonyl (C=O) groups is 2. The number of halogens is 2. The minimum absolute atomic E-state index is 0.112. The van der Waals surface area contributed by atoms with E-state index < -0.39 is 12.6 Å². The van der Waals surface area contributed by atoms with Gasteiger partial charge in [0.2, 0.25) is 0 Å². The lowest BCUT2D eigenvalue weighted by Gasteiger charge is -2.11. The second-order valence-corrected chi connectivity index (χ2v) is 3.36. The Morgan fingerprint density at radius 2 is 2.11 bits per heavy atom. The van der Waals surface area contributed by atoms with Gasteiger partial charge in [-0.15, -0.1) is 0 Å². The summed E-state index contributed by atoms with van der Waals surface area (Å²) in [6.07, 6.45) is 2.54. The van der Waals surface area contributed by atoms with Crippen LogP contribution in [0.15, 0.2) is 18.2 Å². The van der Waals surface area contributed by atoms with Gasteiger partial charge in [0, 0.05) is 17.2 Å². The number of aldehydes is 1. The van der Waals surface area contributed by atoms with Gasteiger partial charge in [-0.05, 0) is 24.6 Å². The number of carboxylic acids is 1. The maximum atomic E-state index is 12.1. The molecule has 0 fully saturated rings. The number of carboxylic acid groups (broad SMARTS) is 1. The summed E-state index contributed by atoms with van der Waals surface area (Å²) >= 11 is 0. The molecule has 96 valence electrons. The minimum atomic E-state index is -2.98. The Hall–Kier alpha value is -2.24.